The molecule has 1 aromatic carbocycles. The van der Waals surface area contributed by atoms with Crippen LogP contribution in [-0.2, 0) is 14.9 Å². The topological polar surface area (TPSA) is 51.2 Å². The molecule has 2 atom stereocenters. The van der Waals surface area contributed by atoms with E-state index in [2.05, 4.69) is 38.1 Å². The van der Waals surface area contributed by atoms with Gasteiger partial charge in [0.15, 0.2) is 0 Å². The number of alkyl halides is 1. The van der Waals surface area contributed by atoms with E-state index in [1.54, 1.807) is 0 Å². The molecule has 2 unspecified atom stereocenters. The normalized spacial score (nSPS) is 20.8. The first-order valence-corrected chi connectivity index (χ1v) is 9.64. The molecular weight excluding hydrogens is 352 g/mol. The fourth-order valence-electron chi connectivity index (χ4n) is 3.01. The highest BCUT2D eigenvalue weighted by Crippen LogP contribution is 2.37. The molecule has 1 aromatic rings. The summed E-state index contributed by atoms with van der Waals surface area (Å²) in [6, 6.07) is 8.07. The summed E-state index contributed by atoms with van der Waals surface area (Å²) in [5, 5.41) is 9.48. The molecule has 0 aromatic heterocycles. The average molecular weight is 379 g/mol. The van der Waals surface area contributed by atoms with Crippen LogP contribution in [0.15, 0.2) is 47.7 Å². The van der Waals surface area contributed by atoms with Gasteiger partial charge in [-0.25, -0.2) is 0 Å². The lowest BCUT2D eigenvalue weighted by molar-refractivity contribution is 0.125. The standard InChI is InChI=1S/C21H27ClO4/c1-21(2,15-3-7-18(8-4-15)24-12-17(23)11-22)16-5-9-19(10-6-16)25-13-20-14-26-20/h3-5,7-9,17,20,23H,6,10-14H2,1-2H3. The van der Waals surface area contributed by atoms with E-state index in [4.69, 9.17) is 25.8 Å². The molecule has 5 heteroatoms. The maximum Gasteiger partial charge on any atom is 0.119 e. The Labute approximate surface area is 160 Å². The zero-order valence-corrected chi connectivity index (χ0v) is 16.2. The lowest BCUT2D eigenvalue weighted by atomic mass is 9.74. The Bertz CT molecular complexity index is 659. The highest BCUT2D eigenvalue weighted by Gasteiger charge is 2.28. The van der Waals surface area contributed by atoms with Crippen molar-refractivity contribution >= 4 is 11.6 Å². The van der Waals surface area contributed by atoms with Crippen LogP contribution in [0.25, 0.3) is 0 Å². The number of ether oxygens (including phenoxy) is 3. The third-order valence-corrected chi connectivity index (χ3v) is 5.32. The van der Waals surface area contributed by atoms with Crippen LogP contribution in [0, 0.1) is 0 Å². The second-order valence-corrected chi connectivity index (χ2v) is 7.67. The number of hydrogen-bond donors (Lipinski definition) is 1. The van der Waals surface area contributed by atoms with Crippen LogP contribution in [0.4, 0.5) is 0 Å². The second kappa shape index (κ2) is 8.47. The minimum absolute atomic E-state index is 0.0597. The molecule has 26 heavy (non-hydrogen) atoms. The van der Waals surface area contributed by atoms with E-state index >= 15 is 0 Å². The Morgan fingerprint density at radius 3 is 2.50 bits per heavy atom. The molecule has 1 heterocycles. The Balaban J connectivity index is 1.61. The van der Waals surface area contributed by atoms with Gasteiger partial charge in [-0.3, -0.25) is 0 Å². The number of benzene rings is 1. The van der Waals surface area contributed by atoms with Gasteiger partial charge in [0.2, 0.25) is 0 Å². The smallest absolute Gasteiger partial charge is 0.119 e. The summed E-state index contributed by atoms with van der Waals surface area (Å²) in [5.74, 6) is 1.96. The van der Waals surface area contributed by atoms with E-state index < -0.39 is 6.10 Å². The summed E-state index contributed by atoms with van der Waals surface area (Å²) in [4.78, 5) is 0. The second-order valence-electron chi connectivity index (χ2n) is 7.36. The van der Waals surface area contributed by atoms with Gasteiger partial charge in [-0.15, -0.1) is 11.6 Å². The van der Waals surface area contributed by atoms with E-state index in [9.17, 15) is 5.11 Å². The van der Waals surface area contributed by atoms with E-state index in [-0.39, 0.29) is 17.9 Å². The van der Waals surface area contributed by atoms with Crippen molar-refractivity contribution in [3.8, 4) is 5.75 Å². The minimum atomic E-state index is -0.644. The van der Waals surface area contributed by atoms with Crippen LogP contribution < -0.4 is 4.74 Å². The van der Waals surface area contributed by atoms with Crippen LogP contribution in [0.1, 0.15) is 32.3 Å². The van der Waals surface area contributed by atoms with Crippen LogP contribution >= 0.6 is 11.6 Å². The van der Waals surface area contributed by atoms with Gasteiger partial charge < -0.3 is 19.3 Å². The van der Waals surface area contributed by atoms with Gasteiger partial charge in [0.05, 0.1) is 18.2 Å². The maximum absolute atomic E-state index is 9.48. The van der Waals surface area contributed by atoms with E-state index in [0.29, 0.717) is 12.7 Å². The molecule has 0 saturated carbocycles. The predicted octanol–water partition coefficient (Wildman–Crippen LogP) is 3.96. The number of aliphatic hydroxyl groups is 1. The van der Waals surface area contributed by atoms with Gasteiger partial charge in [0, 0.05) is 11.8 Å². The number of rotatable bonds is 9. The molecule has 1 fully saturated rings. The molecule has 4 nitrogen and oxygen atoms in total. The highest BCUT2D eigenvalue weighted by atomic mass is 35.5. The van der Waals surface area contributed by atoms with Gasteiger partial charge in [0.1, 0.15) is 31.2 Å². The third-order valence-electron chi connectivity index (χ3n) is 4.97. The summed E-state index contributed by atoms with van der Waals surface area (Å²) in [7, 11) is 0. The van der Waals surface area contributed by atoms with Crippen molar-refractivity contribution in [3.05, 3.63) is 53.3 Å². The van der Waals surface area contributed by atoms with Crippen molar-refractivity contribution in [3.63, 3.8) is 0 Å². The average Bonchev–Trinajstić information content (AvgIpc) is 3.49. The molecule has 1 saturated heterocycles. The van der Waals surface area contributed by atoms with Crippen LogP contribution in [-0.4, -0.2) is 43.0 Å². The fraction of sp³-hybridized carbons (Fsp3) is 0.524. The summed E-state index contributed by atoms with van der Waals surface area (Å²) in [6.45, 7) is 6.18. The van der Waals surface area contributed by atoms with Crippen LogP contribution in [0.5, 0.6) is 5.75 Å². The van der Waals surface area contributed by atoms with Gasteiger partial charge in [0.25, 0.3) is 0 Å². The number of allylic oxidation sites excluding steroid dienone is 4. The van der Waals surface area contributed by atoms with E-state index in [0.717, 1.165) is 31.0 Å². The molecule has 1 aliphatic heterocycles. The molecular formula is C21H27ClO4. The van der Waals surface area contributed by atoms with Gasteiger partial charge in [-0.05, 0) is 30.2 Å². The van der Waals surface area contributed by atoms with Crippen molar-refractivity contribution in [1.82, 2.24) is 0 Å². The Hall–Kier alpha value is -1.49. The molecule has 3 rings (SSSR count). The maximum atomic E-state index is 9.48. The highest BCUT2D eigenvalue weighted by molar-refractivity contribution is 6.18. The summed E-state index contributed by atoms with van der Waals surface area (Å²) in [5.41, 5.74) is 2.56. The van der Waals surface area contributed by atoms with Gasteiger partial charge in [-0.2, -0.15) is 0 Å². The Morgan fingerprint density at radius 2 is 1.92 bits per heavy atom. The van der Waals surface area contributed by atoms with Gasteiger partial charge in [-0.1, -0.05) is 37.6 Å². The van der Waals surface area contributed by atoms with E-state index in [1.807, 2.05) is 12.1 Å². The van der Waals surface area contributed by atoms with Crippen LogP contribution in [0.2, 0.25) is 0 Å². The summed E-state index contributed by atoms with van der Waals surface area (Å²) < 4.78 is 16.5. The molecule has 0 bridgehead atoms. The number of hydrogen-bond acceptors (Lipinski definition) is 4. The quantitative estimate of drug-likeness (QED) is 0.522. The first-order chi connectivity index (χ1) is 12.5. The lowest BCUT2D eigenvalue weighted by Crippen LogP contribution is -2.22. The van der Waals surface area contributed by atoms with Crippen LogP contribution in [0.3, 0.4) is 0 Å². The molecule has 1 N–H and O–H groups in total. The molecule has 0 amide bonds. The molecule has 0 spiro atoms. The summed E-state index contributed by atoms with van der Waals surface area (Å²) in [6.07, 6.45) is 5.85. The lowest BCUT2D eigenvalue weighted by Gasteiger charge is -2.31. The number of aliphatic hydroxyl groups excluding tert-OH is 1. The Morgan fingerprint density at radius 1 is 1.19 bits per heavy atom. The zero-order valence-electron chi connectivity index (χ0n) is 15.4. The monoisotopic (exact) mass is 378 g/mol. The Kier molecular flexibility index (Phi) is 6.28. The molecule has 1 aliphatic carbocycles. The third kappa shape index (κ3) is 5.03. The van der Waals surface area contributed by atoms with Crippen molar-refractivity contribution in [2.24, 2.45) is 0 Å². The van der Waals surface area contributed by atoms with Crippen molar-refractivity contribution < 1.29 is 19.3 Å². The minimum Gasteiger partial charge on any atom is -0.495 e. The van der Waals surface area contributed by atoms with Crippen molar-refractivity contribution in [2.75, 3.05) is 25.7 Å². The number of halogens is 1. The first kappa shape index (κ1) is 19.3. The van der Waals surface area contributed by atoms with Crippen molar-refractivity contribution in [1.29, 1.82) is 0 Å². The fourth-order valence-corrected chi connectivity index (χ4v) is 3.10. The molecule has 0 radical (unpaired) electrons. The molecule has 2 aliphatic rings. The van der Waals surface area contributed by atoms with E-state index in [1.165, 1.54) is 11.1 Å². The zero-order chi connectivity index (χ0) is 18.6. The predicted molar refractivity (Wildman–Crippen MR) is 103 cm³/mol. The van der Waals surface area contributed by atoms with Crippen molar-refractivity contribution in [2.45, 2.75) is 44.3 Å². The largest absolute Gasteiger partial charge is 0.495 e. The van der Waals surface area contributed by atoms with Gasteiger partial charge >= 0.3 is 0 Å². The number of epoxide rings is 1. The SMILES string of the molecule is CC(C)(C1=CC=C(OCC2CO2)CC1)c1ccc(OCC(O)CCl)cc1. The first-order valence-electron chi connectivity index (χ1n) is 9.11. The summed E-state index contributed by atoms with van der Waals surface area (Å²) >= 11 is 5.58. The molecule has 142 valence electrons.